The Labute approximate surface area is 175 Å². The SMILES string of the molecule is Nc1ccccc1NC(=O)c1ccc(/C=C(/CNC2CC2)c2ccc(F)cc2)cc1. The lowest BCUT2D eigenvalue weighted by molar-refractivity contribution is 0.102. The predicted molar refractivity (Wildman–Crippen MR) is 121 cm³/mol. The first-order chi connectivity index (χ1) is 14.6. The third kappa shape index (κ3) is 5.13. The fourth-order valence-electron chi connectivity index (χ4n) is 3.18. The molecule has 5 heteroatoms. The van der Waals surface area contributed by atoms with Crippen LogP contribution in [0.4, 0.5) is 15.8 Å². The molecule has 0 spiro atoms. The number of benzene rings is 3. The van der Waals surface area contributed by atoms with Gasteiger partial charge in [-0.25, -0.2) is 4.39 Å². The zero-order valence-electron chi connectivity index (χ0n) is 16.6. The van der Waals surface area contributed by atoms with E-state index in [1.807, 2.05) is 24.3 Å². The number of anilines is 2. The Morgan fingerprint density at radius 1 is 0.967 bits per heavy atom. The van der Waals surface area contributed by atoms with Gasteiger partial charge < -0.3 is 16.4 Å². The molecule has 30 heavy (non-hydrogen) atoms. The second-order valence-electron chi connectivity index (χ2n) is 7.50. The van der Waals surface area contributed by atoms with E-state index in [9.17, 15) is 9.18 Å². The number of nitrogens with two attached hydrogens (primary N) is 1. The van der Waals surface area contributed by atoms with Gasteiger partial charge in [0, 0.05) is 18.2 Å². The van der Waals surface area contributed by atoms with E-state index in [0.717, 1.165) is 16.7 Å². The number of carbonyl (C=O) groups excluding carboxylic acids is 1. The van der Waals surface area contributed by atoms with Crippen molar-refractivity contribution < 1.29 is 9.18 Å². The van der Waals surface area contributed by atoms with Crippen molar-refractivity contribution in [3.05, 3.63) is 95.3 Å². The molecule has 0 aliphatic heterocycles. The molecule has 3 aromatic rings. The number of rotatable bonds is 7. The number of para-hydroxylation sites is 2. The first-order valence-corrected chi connectivity index (χ1v) is 10.0. The third-order valence-electron chi connectivity index (χ3n) is 5.10. The van der Waals surface area contributed by atoms with Crippen LogP contribution in [0.3, 0.4) is 0 Å². The highest BCUT2D eigenvalue weighted by atomic mass is 19.1. The standard InChI is InChI=1S/C25H24FN3O/c26-21-11-9-18(10-12-21)20(16-28-22-13-14-22)15-17-5-7-19(8-6-17)25(30)29-24-4-2-1-3-23(24)27/h1-12,15,22,28H,13-14,16,27H2,(H,29,30)/b20-15-. The monoisotopic (exact) mass is 401 g/mol. The van der Waals surface area contributed by atoms with Crippen LogP contribution in [0.2, 0.25) is 0 Å². The number of carbonyl (C=O) groups is 1. The molecule has 0 saturated heterocycles. The number of hydrogen-bond donors (Lipinski definition) is 3. The molecule has 3 aromatic carbocycles. The van der Waals surface area contributed by atoms with E-state index in [2.05, 4.69) is 16.7 Å². The largest absolute Gasteiger partial charge is 0.397 e. The molecule has 1 saturated carbocycles. The molecule has 0 aromatic heterocycles. The van der Waals surface area contributed by atoms with Crippen molar-refractivity contribution in [2.45, 2.75) is 18.9 Å². The van der Waals surface area contributed by atoms with Gasteiger partial charge in [-0.15, -0.1) is 0 Å². The maximum absolute atomic E-state index is 13.3. The normalized spacial score (nSPS) is 13.8. The van der Waals surface area contributed by atoms with Crippen molar-refractivity contribution in [1.29, 1.82) is 0 Å². The second-order valence-corrected chi connectivity index (χ2v) is 7.50. The maximum Gasteiger partial charge on any atom is 0.255 e. The van der Waals surface area contributed by atoms with Crippen molar-refractivity contribution in [3.63, 3.8) is 0 Å². The van der Waals surface area contributed by atoms with Crippen molar-refractivity contribution in [2.75, 3.05) is 17.6 Å². The van der Waals surface area contributed by atoms with E-state index in [4.69, 9.17) is 5.73 Å². The summed E-state index contributed by atoms with van der Waals surface area (Å²) >= 11 is 0. The van der Waals surface area contributed by atoms with Gasteiger partial charge in [0.25, 0.3) is 5.91 Å². The highest BCUT2D eigenvalue weighted by Gasteiger charge is 2.20. The van der Waals surface area contributed by atoms with Crippen LogP contribution in [-0.2, 0) is 0 Å². The quantitative estimate of drug-likeness (QED) is 0.387. The average Bonchev–Trinajstić information content (AvgIpc) is 3.58. The molecule has 0 bridgehead atoms. The van der Waals surface area contributed by atoms with Gasteiger partial charge in [0.1, 0.15) is 5.82 Å². The van der Waals surface area contributed by atoms with Crippen LogP contribution in [0.5, 0.6) is 0 Å². The summed E-state index contributed by atoms with van der Waals surface area (Å²) in [5.74, 6) is -0.458. The fraction of sp³-hybridized carbons (Fsp3) is 0.160. The molecular formula is C25H24FN3O. The Kier molecular flexibility index (Phi) is 5.91. The summed E-state index contributed by atoms with van der Waals surface area (Å²) in [4.78, 5) is 12.5. The Morgan fingerprint density at radius 3 is 2.30 bits per heavy atom. The van der Waals surface area contributed by atoms with Gasteiger partial charge >= 0.3 is 0 Å². The van der Waals surface area contributed by atoms with Gasteiger partial charge in [-0.3, -0.25) is 4.79 Å². The summed E-state index contributed by atoms with van der Waals surface area (Å²) in [6.07, 6.45) is 4.47. The summed E-state index contributed by atoms with van der Waals surface area (Å²) in [6, 6.07) is 21.7. The molecule has 0 unspecified atom stereocenters. The molecule has 1 aliphatic rings. The Hall–Kier alpha value is -3.44. The van der Waals surface area contributed by atoms with Crippen molar-refractivity contribution in [1.82, 2.24) is 5.32 Å². The zero-order chi connectivity index (χ0) is 20.9. The Morgan fingerprint density at radius 2 is 1.63 bits per heavy atom. The molecular weight excluding hydrogens is 377 g/mol. The van der Waals surface area contributed by atoms with Crippen LogP contribution in [0, 0.1) is 5.82 Å². The molecule has 1 fully saturated rings. The molecule has 4 N–H and O–H groups in total. The third-order valence-corrected chi connectivity index (χ3v) is 5.10. The number of hydrogen-bond acceptors (Lipinski definition) is 3. The van der Waals surface area contributed by atoms with Gasteiger partial charge in [-0.2, -0.15) is 0 Å². The van der Waals surface area contributed by atoms with E-state index in [1.165, 1.54) is 25.0 Å². The van der Waals surface area contributed by atoms with Crippen LogP contribution in [-0.4, -0.2) is 18.5 Å². The lowest BCUT2D eigenvalue weighted by Gasteiger charge is -2.11. The van der Waals surface area contributed by atoms with E-state index >= 15 is 0 Å². The van der Waals surface area contributed by atoms with Crippen LogP contribution in [0.25, 0.3) is 11.6 Å². The highest BCUT2D eigenvalue weighted by Crippen LogP contribution is 2.23. The molecule has 0 heterocycles. The zero-order valence-corrected chi connectivity index (χ0v) is 16.6. The minimum absolute atomic E-state index is 0.211. The molecule has 4 nitrogen and oxygen atoms in total. The number of halogens is 1. The lowest BCUT2D eigenvalue weighted by atomic mass is 10.0. The number of nitrogen functional groups attached to an aromatic ring is 1. The van der Waals surface area contributed by atoms with E-state index in [1.54, 1.807) is 36.4 Å². The summed E-state index contributed by atoms with van der Waals surface area (Å²) in [6.45, 7) is 0.714. The molecule has 0 atom stereocenters. The van der Waals surface area contributed by atoms with Gasteiger partial charge in [-0.05, 0) is 72.0 Å². The minimum Gasteiger partial charge on any atom is -0.397 e. The number of nitrogens with one attached hydrogen (secondary N) is 2. The van der Waals surface area contributed by atoms with Gasteiger partial charge in [0.2, 0.25) is 0 Å². The molecule has 4 rings (SSSR count). The minimum atomic E-state index is -0.248. The molecule has 1 aliphatic carbocycles. The average molecular weight is 401 g/mol. The van der Waals surface area contributed by atoms with Gasteiger partial charge in [-0.1, -0.05) is 36.4 Å². The van der Waals surface area contributed by atoms with Crippen LogP contribution in [0.15, 0.2) is 72.8 Å². The van der Waals surface area contributed by atoms with Crippen LogP contribution >= 0.6 is 0 Å². The first-order valence-electron chi connectivity index (χ1n) is 10.0. The Bertz CT molecular complexity index is 1050. The van der Waals surface area contributed by atoms with E-state index < -0.39 is 0 Å². The lowest BCUT2D eigenvalue weighted by Crippen LogP contribution is -2.18. The van der Waals surface area contributed by atoms with E-state index in [0.29, 0.717) is 29.5 Å². The van der Waals surface area contributed by atoms with Crippen LogP contribution in [0.1, 0.15) is 34.3 Å². The molecule has 0 radical (unpaired) electrons. The topological polar surface area (TPSA) is 67.1 Å². The maximum atomic E-state index is 13.3. The summed E-state index contributed by atoms with van der Waals surface area (Å²) < 4.78 is 13.3. The molecule has 152 valence electrons. The smallest absolute Gasteiger partial charge is 0.255 e. The summed E-state index contributed by atoms with van der Waals surface area (Å²) in [7, 11) is 0. The van der Waals surface area contributed by atoms with Crippen molar-refractivity contribution in [2.24, 2.45) is 0 Å². The van der Waals surface area contributed by atoms with Gasteiger partial charge in [0.05, 0.1) is 11.4 Å². The summed E-state index contributed by atoms with van der Waals surface area (Å²) in [5.41, 5.74) is 10.6. The highest BCUT2D eigenvalue weighted by molar-refractivity contribution is 6.05. The second kappa shape index (κ2) is 8.93. The Balaban J connectivity index is 1.51. The van der Waals surface area contributed by atoms with Crippen LogP contribution < -0.4 is 16.4 Å². The predicted octanol–water partition coefficient (Wildman–Crippen LogP) is 4.95. The first kappa shape index (κ1) is 19.9. The van der Waals surface area contributed by atoms with Gasteiger partial charge in [0.15, 0.2) is 0 Å². The fourth-order valence-corrected chi connectivity index (χ4v) is 3.18. The number of amides is 1. The van der Waals surface area contributed by atoms with Crippen molar-refractivity contribution >= 4 is 28.9 Å². The molecule has 1 amide bonds. The summed E-state index contributed by atoms with van der Waals surface area (Å²) in [5, 5.41) is 6.35. The van der Waals surface area contributed by atoms with Crippen molar-refractivity contribution in [3.8, 4) is 0 Å². The van der Waals surface area contributed by atoms with E-state index in [-0.39, 0.29) is 11.7 Å².